The van der Waals surface area contributed by atoms with E-state index in [9.17, 15) is 0 Å². The first-order valence-electron chi connectivity index (χ1n) is 7.90. The summed E-state index contributed by atoms with van der Waals surface area (Å²) in [5.74, 6) is 2.03. The molecule has 4 atom stereocenters. The van der Waals surface area contributed by atoms with Crippen LogP contribution in [0, 0.1) is 11.8 Å². The van der Waals surface area contributed by atoms with E-state index in [1.54, 1.807) is 6.42 Å². The van der Waals surface area contributed by atoms with Crippen molar-refractivity contribution < 1.29 is 0 Å². The van der Waals surface area contributed by atoms with E-state index >= 15 is 0 Å². The zero-order valence-corrected chi connectivity index (χ0v) is 13.7. The van der Waals surface area contributed by atoms with Crippen molar-refractivity contribution in [2.75, 3.05) is 26.2 Å². The first kappa shape index (κ1) is 13.6. The molecule has 0 amide bonds. The monoisotopic (exact) mass is 362 g/mol. The second-order valence-corrected chi connectivity index (χ2v) is 6.87. The van der Waals surface area contributed by atoms with Crippen molar-refractivity contribution in [3.05, 3.63) is 0 Å². The summed E-state index contributed by atoms with van der Waals surface area (Å²) in [5.41, 5.74) is 0. The summed E-state index contributed by atoms with van der Waals surface area (Å²) in [5, 5.41) is 0. The highest BCUT2D eigenvalue weighted by atomic mass is 127. The zero-order chi connectivity index (χ0) is 11.2. The Bertz CT molecular complexity index is 268. The van der Waals surface area contributed by atoms with Crippen LogP contribution in [-0.4, -0.2) is 48.1 Å². The summed E-state index contributed by atoms with van der Waals surface area (Å²) in [6, 6.07) is 1.92. The fraction of sp³-hybridized carbons (Fsp3) is 1.00. The Labute approximate surface area is 128 Å². The lowest BCUT2D eigenvalue weighted by Gasteiger charge is -2.57. The van der Waals surface area contributed by atoms with Crippen LogP contribution in [0.25, 0.3) is 0 Å². The highest BCUT2D eigenvalue weighted by Crippen LogP contribution is 2.42. The zero-order valence-electron chi connectivity index (χ0n) is 11.4. The van der Waals surface area contributed by atoms with Gasteiger partial charge in [0, 0.05) is 25.2 Å². The van der Waals surface area contributed by atoms with Gasteiger partial charge in [0.05, 0.1) is 0 Å². The molecule has 0 unspecified atom stereocenters. The number of hydrogen-bond donors (Lipinski definition) is 0. The van der Waals surface area contributed by atoms with Crippen molar-refractivity contribution >= 4 is 24.0 Å². The predicted molar refractivity (Wildman–Crippen MR) is 85.4 cm³/mol. The van der Waals surface area contributed by atoms with E-state index in [4.69, 9.17) is 0 Å². The second-order valence-electron chi connectivity index (χ2n) is 6.87. The molecule has 0 radical (unpaired) electrons. The molecule has 4 rings (SSSR count). The van der Waals surface area contributed by atoms with Gasteiger partial charge in [-0.2, -0.15) is 0 Å². The summed E-state index contributed by atoms with van der Waals surface area (Å²) in [6.45, 7) is 5.68. The summed E-state index contributed by atoms with van der Waals surface area (Å²) < 4.78 is 0. The van der Waals surface area contributed by atoms with Gasteiger partial charge in [-0.05, 0) is 57.0 Å². The molecule has 104 valence electrons. The molecule has 0 saturated carbocycles. The molecule has 0 aliphatic carbocycles. The Hall–Kier alpha value is 0.650. The minimum atomic E-state index is 0. The number of hydrogen-bond acceptors (Lipinski definition) is 2. The van der Waals surface area contributed by atoms with E-state index in [-0.39, 0.29) is 24.0 Å². The van der Waals surface area contributed by atoms with E-state index in [0.29, 0.717) is 0 Å². The average Bonchev–Trinajstić information content (AvgIpc) is 2.39. The smallest absolute Gasteiger partial charge is 0.0136 e. The average molecular weight is 362 g/mol. The molecule has 18 heavy (non-hydrogen) atoms. The molecule has 0 aromatic carbocycles. The molecular weight excluding hydrogens is 335 g/mol. The van der Waals surface area contributed by atoms with Gasteiger partial charge in [0.25, 0.3) is 0 Å². The van der Waals surface area contributed by atoms with E-state index in [1.807, 2.05) is 0 Å². The normalized spacial score (nSPS) is 44.7. The molecule has 4 heterocycles. The SMILES string of the molecule is C1CCN2C[C@H]3C[C@H](CN4CCCC[C@@H]34)[C@H]2C1.I. The quantitative estimate of drug-likeness (QED) is 0.612. The molecule has 0 aromatic heterocycles. The largest absolute Gasteiger partial charge is 0.300 e. The van der Waals surface area contributed by atoms with Gasteiger partial charge < -0.3 is 0 Å². The molecule has 0 aromatic rings. The molecule has 4 aliphatic heterocycles. The summed E-state index contributed by atoms with van der Waals surface area (Å²) in [4.78, 5) is 5.74. The van der Waals surface area contributed by atoms with Gasteiger partial charge in [-0.15, -0.1) is 24.0 Å². The van der Waals surface area contributed by atoms with Gasteiger partial charge in [-0.1, -0.05) is 12.8 Å². The fourth-order valence-electron chi connectivity index (χ4n) is 5.25. The van der Waals surface area contributed by atoms with Gasteiger partial charge in [0.1, 0.15) is 0 Å². The van der Waals surface area contributed by atoms with Crippen LogP contribution in [0.1, 0.15) is 44.9 Å². The van der Waals surface area contributed by atoms with Crippen molar-refractivity contribution in [1.29, 1.82) is 0 Å². The predicted octanol–water partition coefficient (Wildman–Crippen LogP) is 2.96. The van der Waals surface area contributed by atoms with Crippen LogP contribution in [0.3, 0.4) is 0 Å². The van der Waals surface area contributed by atoms with Gasteiger partial charge >= 0.3 is 0 Å². The number of piperidine rings is 4. The maximum Gasteiger partial charge on any atom is 0.0136 e. The van der Waals surface area contributed by atoms with Crippen molar-refractivity contribution in [2.45, 2.75) is 57.0 Å². The standard InChI is InChI=1S/C15H26N2.HI/c1-3-7-16-11-13-9-12(14(16)5-1)10-17-8-4-2-6-15(13)17;/h12-15H,1-11H2;1H/t12-,13-,14-,15+;/m1./s1. The number of halogens is 1. The highest BCUT2D eigenvalue weighted by Gasteiger charge is 2.46. The fourth-order valence-corrected chi connectivity index (χ4v) is 5.25. The van der Waals surface area contributed by atoms with E-state index < -0.39 is 0 Å². The van der Waals surface area contributed by atoms with Crippen LogP contribution in [0.5, 0.6) is 0 Å². The van der Waals surface area contributed by atoms with E-state index in [2.05, 4.69) is 9.80 Å². The molecule has 2 nitrogen and oxygen atoms in total. The van der Waals surface area contributed by atoms with Crippen molar-refractivity contribution in [2.24, 2.45) is 11.8 Å². The third-order valence-corrected chi connectivity index (χ3v) is 5.96. The van der Waals surface area contributed by atoms with Crippen molar-refractivity contribution in [3.8, 4) is 0 Å². The topological polar surface area (TPSA) is 6.48 Å². The molecule has 3 heteroatoms. The Morgan fingerprint density at radius 3 is 1.67 bits per heavy atom. The second kappa shape index (κ2) is 5.57. The van der Waals surface area contributed by atoms with Crippen LogP contribution < -0.4 is 0 Å². The third-order valence-electron chi connectivity index (χ3n) is 5.96. The van der Waals surface area contributed by atoms with Crippen LogP contribution >= 0.6 is 24.0 Å². The maximum absolute atomic E-state index is 2.87. The molecule has 0 N–H and O–H groups in total. The van der Waals surface area contributed by atoms with Crippen LogP contribution in [0.4, 0.5) is 0 Å². The molecular formula is C15H27IN2. The van der Waals surface area contributed by atoms with Gasteiger partial charge in [-0.3, -0.25) is 9.80 Å². The van der Waals surface area contributed by atoms with Crippen molar-refractivity contribution in [1.82, 2.24) is 9.80 Å². The maximum atomic E-state index is 2.87. The minimum absolute atomic E-state index is 0. The summed E-state index contributed by atoms with van der Waals surface area (Å²) in [7, 11) is 0. The summed E-state index contributed by atoms with van der Waals surface area (Å²) in [6.07, 6.45) is 10.5. The summed E-state index contributed by atoms with van der Waals surface area (Å²) >= 11 is 0. The first-order valence-corrected chi connectivity index (χ1v) is 7.90. The lowest BCUT2D eigenvalue weighted by Crippen LogP contribution is -2.63. The number of nitrogens with zero attached hydrogens (tertiary/aromatic N) is 2. The van der Waals surface area contributed by atoms with Crippen LogP contribution in [0.2, 0.25) is 0 Å². The molecule has 4 fully saturated rings. The third kappa shape index (κ3) is 2.24. The van der Waals surface area contributed by atoms with Gasteiger partial charge in [0.2, 0.25) is 0 Å². The highest BCUT2D eigenvalue weighted by molar-refractivity contribution is 14.0. The minimum Gasteiger partial charge on any atom is -0.300 e. The molecule has 4 saturated heterocycles. The number of fused-ring (bicyclic) bond motifs is 6. The number of rotatable bonds is 0. The van der Waals surface area contributed by atoms with Gasteiger partial charge in [0.15, 0.2) is 0 Å². The molecule has 4 aliphatic rings. The van der Waals surface area contributed by atoms with E-state index in [1.165, 1.54) is 64.7 Å². The lowest BCUT2D eigenvalue weighted by atomic mass is 9.71. The van der Waals surface area contributed by atoms with Crippen LogP contribution in [0.15, 0.2) is 0 Å². The molecule has 0 spiro atoms. The molecule has 2 bridgehead atoms. The Morgan fingerprint density at radius 2 is 1.17 bits per heavy atom. The Kier molecular flexibility index (Phi) is 4.21. The Balaban J connectivity index is 0.000001000. The van der Waals surface area contributed by atoms with Crippen molar-refractivity contribution in [3.63, 3.8) is 0 Å². The van der Waals surface area contributed by atoms with Gasteiger partial charge in [-0.25, -0.2) is 0 Å². The van der Waals surface area contributed by atoms with E-state index in [0.717, 1.165) is 23.9 Å². The Morgan fingerprint density at radius 1 is 0.667 bits per heavy atom. The van der Waals surface area contributed by atoms with Crippen LogP contribution in [-0.2, 0) is 0 Å². The lowest BCUT2D eigenvalue weighted by molar-refractivity contribution is -0.0718. The first-order chi connectivity index (χ1) is 8.42.